The van der Waals surface area contributed by atoms with E-state index in [1.165, 1.54) is 6.92 Å². The maximum absolute atomic E-state index is 10.9. The Labute approximate surface area is 87.9 Å². The minimum atomic E-state index is -0.714. The molecule has 0 aromatic heterocycles. The van der Waals surface area contributed by atoms with Crippen LogP contribution in [0.5, 0.6) is 0 Å². The third-order valence-corrected chi connectivity index (χ3v) is 2.26. The highest BCUT2D eigenvalue weighted by atomic mass is 16.8. The fraction of sp³-hybridized carbons (Fsp3) is 0.700. The van der Waals surface area contributed by atoms with E-state index in [0.717, 1.165) is 0 Å². The van der Waals surface area contributed by atoms with Crippen LogP contribution < -0.4 is 0 Å². The second-order valence-electron chi connectivity index (χ2n) is 4.08. The summed E-state index contributed by atoms with van der Waals surface area (Å²) in [5.41, 5.74) is 0. The zero-order valence-electron chi connectivity index (χ0n) is 8.98. The highest BCUT2D eigenvalue weighted by Gasteiger charge is 2.54. The number of rotatable bonds is 1. The van der Waals surface area contributed by atoms with E-state index in [-0.39, 0.29) is 0 Å². The van der Waals surface area contributed by atoms with Gasteiger partial charge in [-0.2, -0.15) is 0 Å². The molecular formula is C10H14O5. The summed E-state index contributed by atoms with van der Waals surface area (Å²) >= 11 is 0. The Morgan fingerprint density at radius 3 is 2.73 bits per heavy atom. The van der Waals surface area contributed by atoms with Crippen molar-refractivity contribution in [3.63, 3.8) is 0 Å². The first-order chi connectivity index (χ1) is 6.89. The number of ether oxygens (including phenoxy) is 4. The third-order valence-electron chi connectivity index (χ3n) is 2.26. The van der Waals surface area contributed by atoms with Crippen LogP contribution in [0.1, 0.15) is 20.8 Å². The Morgan fingerprint density at radius 2 is 2.13 bits per heavy atom. The minimum absolute atomic E-state index is 0.371. The normalized spacial score (nSPS) is 37.3. The van der Waals surface area contributed by atoms with E-state index in [2.05, 4.69) is 6.58 Å². The molecule has 0 aromatic carbocycles. The Bertz CT molecular complexity index is 309. The Morgan fingerprint density at radius 1 is 1.47 bits per heavy atom. The van der Waals surface area contributed by atoms with Crippen molar-refractivity contribution in [1.29, 1.82) is 0 Å². The molecule has 5 nitrogen and oxygen atoms in total. The van der Waals surface area contributed by atoms with Gasteiger partial charge in [0.1, 0.15) is 5.76 Å². The zero-order chi connectivity index (χ0) is 11.2. The molecule has 84 valence electrons. The highest BCUT2D eigenvalue weighted by molar-refractivity contribution is 5.66. The van der Waals surface area contributed by atoms with Gasteiger partial charge in [0.2, 0.25) is 6.29 Å². The first-order valence-electron chi connectivity index (χ1n) is 4.77. The maximum atomic E-state index is 10.9. The summed E-state index contributed by atoms with van der Waals surface area (Å²) in [7, 11) is 0. The van der Waals surface area contributed by atoms with Crippen LogP contribution in [0.3, 0.4) is 0 Å². The number of carbonyl (C=O) groups excluding carboxylic acids is 1. The monoisotopic (exact) mass is 214 g/mol. The number of carbonyl (C=O) groups is 1. The molecule has 2 rings (SSSR count). The van der Waals surface area contributed by atoms with Crippen molar-refractivity contribution in [3.05, 3.63) is 12.3 Å². The van der Waals surface area contributed by atoms with Gasteiger partial charge in [0.15, 0.2) is 18.0 Å². The van der Waals surface area contributed by atoms with Gasteiger partial charge in [-0.25, -0.2) is 0 Å². The van der Waals surface area contributed by atoms with Crippen molar-refractivity contribution >= 4 is 5.97 Å². The third kappa shape index (κ3) is 1.85. The van der Waals surface area contributed by atoms with Gasteiger partial charge >= 0.3 is 5.97 Å². The molecule has 2 saturated heterocycles. The summed E-state index contributed by atoms with van der Waals surface area (Å²) in [6, 6.07) is 0. The van der Waals surface area contributed by atoms with Crippen molar-refractivity contribution in [2.24, 2.45) is 0 Å². The molecule has 15 heavy (non-hydrogen) atoms. The SMILES string of the molecule is C=C1O[C@H]2OC(C)(C)O[C@H]2[C@@H]1OC(C)=O. The van der Waals surface area contributed by atoms with E-state index < -0.39 is 30.3 Å². The van der Waals surface area contributed by atoms with E-state index in [1.807, 2.05) is 0 Å². The molecule has 3 atom stereocenters. The fourth-order valence-electron chi connectivity index (χ4n) is 1.76. The minimum Gasteiger partial charge on any atom is -0.463 e. The second kappa shape index (κ2) is 3.21. The van der Waals surface area contributed by atoms with E-state index in [0.29, 0.717) is 5.76 Å². The number of hydrogen-bond donors (Lipinski definition) is 0. The van der Waals surface area contributed by atoms with E-state index in [4.69, 9.17) is 18.9 Å². The Kier molecular flexibility index (Phi) is 2.24. The topological polar surface area (TPSA) is 54.0 Å². The lowest BCUT2D eigenvalue weighted by Gasteiger charge is -2.21. The summed E-state index contributed by atoms with van der Waals surface area (Å²) in [6.45, 7) is 8.55. The number of fused-ring (bicyclic) bond motifs is 1. The van der Waals surface area contributed by atoms with E-state index in [9.17, 15) is 4.79 Å². The molecule has 5 heteroatoms. The predicted octanol–water partition coefficient (Wildman–Crippen LogP) is 0.940. The quantitative estimate of drug-likeness (QED) is 0.608. The van der Waals surface area contributed by atoms with Crippen LogP contribution >= 0.6 is 0 Å². The van der Waals surface area contributed by atoms with Crippen molar-refractivity contribution in [1.82, 2.24) is 0 Å². The molecule has 0 radical (unpaired) electrons. The average molecular weight is 214 g/mol. The van der Waals surface area contributed by atoms with Crippen LogP contribution in [0.2, 0.25) is 0 Å². The van der Waals surface area contributed by atoms with Gasteiger partial charge in [-0.15, -0.1) is 0 Å². The molecule has 0 aliphatic carbocycles. The first-order valence-corrected chi connectivity index (χ1v) is 4.77. The van der Waals surface area contributed by atoms with Crippen molar-refractivity contribution < 1.29 is 23.7 Å². The van der Waals surface area contributed by atoms with Gasteiger partial charge in [0, 0.05) is 6.92 Å². The standard InChI is InChI=1S/C10H14O5/c1-5-7(13-6(2)11)8-9(12-5)15-10(3,4)14-8/h7-9H,1H2,2-4H3/t7-,8+,9+/m1/s1. The fourth-order valence-corrected chi connectivity index (χ4v) is 1.76. The molecule has 0 N–H and O–H groups in total. The van der Waals surface area contributed by atoms with Crippen LogP contribution in [0.4, 0.5) is 0 Å². The molecule has 0 bridgehead atoms. The Hall–Kier alpha value is -1.07. The van der Waals surface area contributed by atoms with Gasteiger partial charge in [0.05, 0.1) is 0 Å². The molecular weight excluding hydrogens is 200 g/mol. The smallest absolute Gasteiger partial charge is 0.303 e. The molecule has 0 spiro atoms. The molecule has 2 heterocycles. The van der Waals surface area contributed by atoms with Crippen LogP contribution in [0, 0.1) is 0 Å². The predicted molar refractivity (Wildman–Crippen MR) is 49.6 cm³/mol. The van der Waals surface area contributed by atoms with Crippen molar-refractivity contribution in [3.8, 4) is 0 Å². The van der Waals surface area contributed by atoms with Crippen LogP contribution in [-0.4, -0.2) is 30.3 Å². The summed E-state index contributed by atoms with van der Waals surface area (Å²) < 4.78 is 21.4. The van der Waals surface area contributed by atoms with Gasteiger partial charge in [0.25, 0.3) is 0 Å². The highest BCUT2D eigenvalue weighted by Crippen LogP contribution is 2.39. The maximum Gasteiger partial charge on any atom is 0.303 e. The van der Waals surface area contributed by atoms with Gasteiger partial charge in [-0.05, 0) is 13.8 Å². The zero-order valence-corrected chi connectivity index (χ0v) is 8.98. The average Bonchev–Trinajstić information content (AvgIpc) is 2.47. The molecule has 2 aliphatic heterocycles. The number of esters is 1. The van der Waals surface area contributed by atoms with Crippen LogP contribution in [0.15, 0.2) is 12.3 Å². The van der Waals surface area contributed by atoms with E-state index in [1.54, 1.807) is 13.8 Å². The van der Waals surface area contributed by atoms with Gasteiger partial charge < -0.3 is 18.9 Å². The summed E-state index contributed by atoms with van der Waals surface area (Å²) in [5, 5.41) is 0. The first kappa shape index (κ1) is 10.4. The molecule has 2 aliphatic rings. The largest absolute Gasteiger partial charge is 0.463 e. The molecule has 0 saturated carbocycles. The van der Waals surface area contributed by atoms with Crippen LogP contribution in [-0.2, 0) is 23.7 Å². The van der Waals surface area contributed by atoms with Crippen molar-refractivity contribution in [2.75, 3.05) is 0 Å². The van der Waals surface area contributed by atoms with Crippen molar-refractivity contribution in [2.45, 2.75) is 45.1 Å². The Balaban J connectivity index is 2.12. The lowest BCUT2D eigenvalue weighted by molar-refractivity contribution is -0.192. The van der Waals surface area contributed by atoms with Gasteiger partial charge in [-0.3, -0.25) is 4.79 Å². The molecule has 0 unspecified atom stereocenters. The molecule has 0 aromatic rings. The van der Waals surface area contributed by atoms with Crippen LogP contribution in [0.25, 0.3) is 0 Å². The second-order valence-corrected chi connectivity index (χ2v) is 4.08. The number of hydrogen-bond acceptors (Lipinski definition) is 5. The summed E-state index contributed by atoms with van der Waals surface area (Å²) in [4.78, 5) is 10.9. The van der Waals surface area contributed by atoms with E-state index >= 15 is 0 Å². The van der Waals surface area contributed by atoms with Gasteiger partial charge in [-0.1, -0.05) is 6.58 Å². The molecule has 0 amide bonds. The summed E-state index contributed by atoms with van der Waals surface area (Å²) in [6.07, 6.45) is -1.53. The lowest BCUT2D eigenvalue weighted by Crippen LogP contribution is -2.32. The summed E-state index contributed by atoms with van der Waals surface area (Å²) in [5.74, 6) is -0.733. The lowest BCUT2D eigenvalue weighted by atomic mass is 10.2. The molecule has 2 fully saturated rings.